The van der Waals surface area contributed by atoms with Crippen LogP contribution in [0, 0.1) is 12.8 Å². The van der Waals surface area contributed by atoms with E-state index in [1.807, 2.05) is 37.0 Å². The fourth-order valence-corrected chi connectivity index (χ4v) is 4.91. The highest BCUT2D eigenvalue weighted by molar-refractivity contribution is 7.17. The number of halogens is 1. The molecular weight excluding hydrogens is 476 g/mol. The highest BCUT2D eigenvalue weighted by atomic mass is 35.5. The Morgan fingerprint density at radius 3 is 2.74 bits per heavy atom. The van der Waals surface area contributed by atoms with Crippen molar-refractivity contribution in [3.8, 4) is 0 Å². The summed E-state index contributed by atoms with van der Waals surface area (Å²) in [4.78, 5) is 41.9. The van der Waals surface area contributed by atoms with E-state index in [1.54, 1.807) is 0 Å². The van der Waals surface area contributed by atoms with Gasteiger partial charge in [0.25, 0.3) is 5.91 Å². The summed E-state index contributed by atoms with van der Waals surface area (Å²) in [6.07, 6.45) is 6.17. The van der Waals surface area contributed by atoms with Crippen molar-refractivity contribution in [1.29, 1.82) is 0 Å². The monoisotopic (exact) mass is 502 g/mol. The van der Waals surface area contributed by atoms with Crippen LogP contribution in [0.2, 0.25) is 0 Å². The fourth-order valence-electron chi connectivity index (χ4n) is 3.87. The molecule has 2 aromatic heterocycles. The summed E-state index contributed by atoms with van der Waals surface area (Å²) in [5.74, 6) is 1.60. The topological polar surface area (TPSA) is 129 Å². The average Bonchev–Trinajstić information content (AvgIpc) is 3.24. The number of anilines is 3. The molecule has 3 heterocycles. The normalized spacial score (nSPS) is 18.8. The number of primary amides is 1. The zero-order valence-electron chi connectivity index (χ0n) is 19.0. The fraction of sp³-hybridized carbons (Fsp3) is 0.409. The van der Waals surface area contributed by atoms with Crippen molar-refractivity contribution in [1.82, 2.24) is 25.2 Å². The highest BCUT2D eigenvalue weighted by Crippen LogP contribution is 2.28. The molecule has 2 aromatic rings. The van der Waals surface area contributed by atoms with Crippen LogP contribution in [0.15, 0.2) is 35.1 Å². The van der Waals surface area contributed by atoms with E-state index in [-0.39, 0.29) is 24.3 Å². The molecule has 1 saturated heterocycles. The molecule has 12 heteroatoms. The quantitative estimate of drug-likeness (QED) is 0.526. The van der Waals surface area contributed by atoms with Gasteiger partial charge in [0.1, 0.15) is 22.3 Å². The molecule has 4 rings (SSSR count). The number of thiazole rings is 1. The second kappa shape index (κ2) is 10.5. The first-order valence-electron chi connectivity index (χ1n) is 11.0. The van der Waals surface area contributed by atoms with E-state index in [0.29, 0.717) is 26.7 Å². The van der Waals surface area contributed by atoms with Crippen LogP contribution >= 0.6 is 22.9 Å². The Morgan fingerprint density at radius 1 is 1.26 bits per heavy atom. The molecule has 0 bridgehead atoms. The van der Waals surface area contributed by atoms with Crippen molar-refractivity contribution in [3.05, 3.63) is 45.8 Å². The molecule has 0 radical (unpaired) electrons. The van der Waals surface area contributed by atoms with Crippen molar-refractivity contribution in [2.24, 2.45) is 11.7 Å². The zero-order valence-corrected chi connectivity index (χ0v) is 20.6. The van der Waals surface area contributed by atoms with Gasteiger partial charge >= 0.3 is 0 Å². The number of nitrogens with two attached hydrogens (primary N) is 1. The van der Waals surface area contributed by atoms with Crippen molar-refractivity contribution >= 4 is 51.5 Å². The standard InChI is InChI=1S/C22H27ClN8O2S/c1-13-4-3-5-15(23)20(13)29-21(33)16-11-25-22(34-16)28-18-10-19(27-14(2)26-18)31-8-6-30(7-9-31)12-17(24)32/h3,5,10-11,13H,4,6-9,12H2,1-2H3,(H2,24,32)(H,29,33)(H,25,26,27,28). The molecule has 1 aliphatic carbocycles. The number of carbonyl (C=O) groups is 2. The Bertz CT molecular complexity index is 1140. The molecule has 1 aliphatic heterocycles. The Labute approximate surface area is 206 Å². The maximum atomic E-state index is 12.7. The molecule has 4 N–H and O–H groups in total. The summed E-state index contributed by atoms with van der Waals surface area (Å²) in [5, 5.41) is 7.21. The van der Waals surface area contributed by atoms with Crippen molar-refractivity contribution in [3.63, 3.8) is 0 Å². The molecule has 1 atom stereocenters. The third-order valence-electron chi connectivity index (χ3n) is 5.62. The first kappa shape index (κ1) is 24.1. The van der Waals surface area contributed by atoms with Gasteiger partial charge in [-0.2, -0.15) is 0 Å². The number of aryl methyl sites for hydroxylation is 1. The van der Waals surface area contributed by atoms with E-state index >= 15 is 0 Å². The first-order valence-corrected chi connectivity index (χ1v) is 12.2. The van der Waals surface area contributed by atoms with Crippen molar-refractivity contribution in [2.75, 3.05) is 42.9 Å². The maximum absolute atomic E-state index is 12.7. The Morgan fingerprint density at radius 2 is 2.03 bits per heavy atom. The largest absolute Gasteiger partial charge is 0.369 e. The maximum Gasteiger partial charge on any atom is 0.267 e. The van der Waals surface area contributed by atoms with Crippen molar-refractivity contribution in [2.45, 2.75) is 20.3 Å². The van der Waals surface area contributed by atoms with Gasteiger partial charge in [-0.3, -0.25) is 14.5 Å². The van der Waals surface area contributed by atoms with E-state index in [1.165, 1.54) is 17.5 Å². The molecule has 10 nitrogen and oxygen atoms in total. The van der Waals surface area contributed by atoms with Crippen LogP contribution in [-0.4, -0.2) is 64.4 Å². The molecule has 34 heavy (non-hydrogen) atoms. The zero-order chi connectivity index (χ0) is 24.2. The number of hydrogen-bond donors (Lipinski definition) is 3. The predicted octanol–water partition coefficient (Wildman–Crippen LogP) is 2.37. The Balaban J connectivity index is 1.41. The number of amides is 2. The van der Waals surface area contributed by atoms with E-state index in [2.05, 4.69) is 30.5 Å². The molecular formula is C22H27ClN8O2S. The minimum Gasteiger partial charge on any atom is -0.369 e. The van der Waals surface area contributed by atoms with Gasteiger partial charge in [0.05, 0.1) is 17.8 Å². The summed E-state index contributed by atoms with van der Waals surface area (Å²) in [7, 11) is 0. The van der Waals surface area contributed by atoms with Crippen LogP contribution in [0.1, 0.15) is 28.8 Å². The number of rotatable bonds is 7. The molecule has 0 aromatic carbocycles. The van der Waals surface area contributed by atoms with E-state index in [9.17, 15) is 9.59 Å². The molecule has 1 unspecified atom stereocenters. The number of allylic oxidation sites excluding steroid dienone is 4. The van der Waals surface area contributed by atoms with Gasteiger partial charge in [-0.25, -0.2) is 15.0 Å². The van der Waals surface area contributed by atoms with Gasteiger partial charge in [0.2, 0.25) is 5.91 Å². The second-order valence-corrected chi connectivity index (χ2v) is 9.74. The van der Waals surface area contributed by atoms with Crippen LogP contribution in [0.3, 0.4) is 0 Å². The lowest BCUT2D eigenvalue weighted by molar-refractivity contribution is -0.119. The summed E-state index contributed by atoms with van der Waals surface area (Å²) in [5.41, 5.74) is 6.02. The SMILES string of the molecule is Cc1nc(Nc2ncc(C(=O)NC3=C(Cl)C=CCC3C)s2)cc(N2CCN(CC(N)=O)CC2)n1. The van der Waals surface area contributed by atoms with Gasteiger partial charge in [-0.05, 0) is 19.4 Å². The van der Waals surface area contributed by atoms with Crippen LogP contribution in [0.5, 0.6) is 0 Å². The molecule has 1 fully saturated rings. The van der Waals surface area contributed by atoms with E-state index < -0.39 is 0 Å². The molecule has 2 aliphatic rings. The predicted molar refractivity (Wildman–Crippen MR) is 133 cm³/mol. The highest BCUT2D eigenvalue weighted by Gasteiger charge is 2.21. The Hall–Kier alpha value is -3.02. The lowest BCUT2D eigenvalue weighted by Crippen LogP contribution is -2.49. The van der Waals surface area contributed by atoms with Crippen LogP contribution < -0.4 is 21.3 Å². The molecule has 180 valence electrons. The van der Waals surface area contributed by atoms with Gasteiger partial charge in [-0.1, -0.05) is 35.9 Å². The lowest BCUT2D eigenvalue weighted by atomic mass is 9.99. The van der Waals surface area contributed by atoms with Gasteiger partial charge in [0.15, 0.2) is 5.13 Å². The third-order valence-corrected chi connectivity index (χ3v) is 6.86. The summed E-state index contributed by atoms with van der Waals surface area (Å²) in [6.45, 7) is 7.04. The van der Waals surface area contributed by atoms with E-state index in [4.69, 9.17) is 17.3 Å². The van der Waals surface area contributed by atoms with Crippen LogP contribution in [-0.2, 0) is 4.79 Å². The Kier molecular flexibility index (Phi) is 7.44. The van der Waals surface area contributed by atoms with Gasteiger partial charge < -0.3 is 21.3 Å². The minimum atomic E-state index is -0.320. The van der Waals surface area contributed by atoms with Crippen LogP contribution in [0.4, 0.5) is 16.8 Å². The van der Waals surface area contributed by atoms with Crippen molar-refractivity contribution < 1.29 is 9.59 Å². The minimum absolute atomic E-state index is 0.145. The number of carbonyl (C=O) groups excluding carboxylic acids is 2. The first-order chi connectivity index (χ1) is 16.3. The summed E-state index contributed by atoms with van der Waals surface area (Å²) < 4.78 is 0. The second-order valence-electron chi connectivity index (χ2n) is 8.30. The van der Waals surface area contributed by atoms with Gasteiger partial charge in [-0.15, -0.1) is 0 Å². The molecule has 0 saturated carbocycles. The van der Waals surface area contributed by atoms with Crippen LogP contribution in [0.25, 0.3) is 0 Å². The average molecular weight is 503 g/mol. The number of piperazine rings is 1. The smallest absolute Gasteiger partial charge is 0.267 e. The lowest BCUT2D eigenvalue weighted by Gasteiger charge is -2.34. The molecule has 0 spiro atoms. The number of hydrogen-bond acceptors (Lipinski definition) is 9. The third kappa shape index (κ3) is 5.91. The van der Waals surface area contributed by atoms with E-state index in [0.717, 1.165) is 44.1 Å². The summed E-state index contributed by atoms with van der Waals surface area (Å²) >= 11 is 7.50. The summed E-state index contributed by atoms with van der Waals surface area (Å²) in [6, 6.07) is 1.86. The molecule has 2 amide bonds. The van der Waals surface area contributed by atoms with Gasteiger partial charge in [0, 0.05) is 43.9 Å². The number of nitrogens with one attached hydrogen (secondary N) is 2. The number of nitrogens with zero attached hydrogens (tertiary/aromatic N) is 5. The number of aromatic nitrogens is 3.